The summed E-state index contributed by atoms with van der Waals surface area (Å²) >= 11 is 1.48. The summed E-state index contributed by atoms with van der Waals surface area (Å²) in [5, 5.41) is 12.5. The number of carbonyl (C=O) groups excluding carboxylic acids is 1. The molecular formula is C18H24N4OS. The molecule has 1 aromatic heterocycles. The maximum Gasteiger partial charge on any atom is 0.233 e. The number of aromatic nitrogens is 3. The second-order valence-corrected chi connectivity index (χ2v) is 7.65. The van der Waals surface area contributed by atoms with Gasteiger partial charge in [0.1, 0.15) is 0 Å². The normalized spacial score (nSPS) is 16.6. The fourth-order valence-electron chi connectivity index (χ4n) is 2.48. The van der Waals surface area contributed by atoms with Crippen molar-refractivity contribution >= 4 is 17.7 Å². The molecule has 0 spiro atoms. The van der Waals surface area contributed by atoms with Crippen LogP contribution in [-0.4, -0.2) is 32.0 Å². The molecule has 128 valence electrons. The van der Waals surface area contributed by atoms with Crippen molar-refractivity contribution in [2.75, 3.05) is 0 Å². The van der Waals surface area contributed by atoms with Gasteiger partial charge in [0, 0.05) is 17.6 Å². The van der Waals surface area contributed by atoms with Crippen LogP contribution in [0.3, 0.4) is 0 Å². The van der Waals surface area contributed by atoms with Crippen LogP contribution in [0.25, 0.3) is 11.4 Å². The van der Waals surface area contributed by atoms with Gasteiger partial charge < -0.3 is 5.32 Å². The number of rotatable bonds is 7. The minimum Gasteiger partial charge on any atom is -0.352 e. The molecule has 1 aliphatic carbocycles. The van der Waals surface area contributed by atoms with E-state index in [0.717, 1.165) is 35.8 Å². The number of amides is 1. The molecule has 24 heavy (non-hydrogen) atoms. The van der Waals surface area contributed by atoms with Crippen molar-refractivity contribution < 1.29 is 4.79 Å². The highest BCUT2D eigenvalue weighted by Crippen LogP contribution is 2.31. The third-order valence-corrected chi connectivity index (χ3v) is 5.36. The Bertz CT molecular complexity index is 696. The molecule has 1 heterocycles. The first-order valence-electron chi connectivity index (χ1n) is 8.57. The summed E-state index contributed by atoms with van der Waals surface area (Å²) in [4.78, 5) is 12.2. The maximum absolute atomic E-state index is 12.2. The molecule has 0 saturated heterocycles. The first-order valence-corrected chi connectivity index (χ1v) is 9.45. The summed E-state index contributed by atoms with van der Waals surface area (Å²) in [6.45, 7) is 6.24. The van der Waals surface area contributed by atoms with E-state index < -0.39 is 0 Å². The smallest absolute Gasteiger partial charge is 0.233 e. The van der Waals surface area contributed by atoms with Gasteiger partial charge in [-0.3, -0.25) is 9.36 Å². The van der Waals surface area contributed by atoms with Gasteiger partial charge in [0.2, 0.25) is 5.91 Å². The third kappa shape index (κ3) is 3.80. The van der Waals surface area contributed by atoms with Gasteiger partial charge >= 0.3 is 0 Å². The van der Waals surface area contributed by atoms with Crippen LogP contribution in [0.1, 0.15) is 46.1 Å². The van der Waals surface area contributed by atoms with Crippen LogP contribution < -0.4 is 5.32 Å². The number of nitrogens with one attached hydrogen (secondary N) is 1. The van der Waals surface area contributed by atoms with Crippen LogP contribution in [0.5, 0.6) is 0 Å². The molecule has 0 unspecified atom stereocenters. The molecule has 1 fully saturated rings. The molecule has 3 rings (SSSR count). The van der Waals surface area contributed by atoms with E-state index in [1.165, 1.54) is 11.8 Å². The zero-order chi connectivity index (χ0) is 17.1. The third-order valence-electron chi connectivity index (χ3n) is 4.30. The lowest BCUT2D eigenvalue weighted by atomic mass is 10.2. The van der Waals surface area contributed by atoms with Crippen molar-refractivity contribution in [3.05, 3.63) is 30.3 Å². The Balaban J connectivity index is 1.84. The fourth-order valence-corrected chi connectivity index (χ4v) is 3.44. The Morgan fingerprint density at radius 1 is 1.29 bits per heavy atom. The Kier molecular flexibility index (Phi) is 5.23. The SMILES string of the molecule is CC[C@H](C)n1c(S[C@@H](C)C(=O)NC2CC2)nnc1-c1ccccc1. The molecule has 1 N–H and O–H groups in total. The first-order chi connectivity index (χ1) is 11.6. The highest BCUT2D eigenvalue weighted by molar-refractivity contribution is 8.00. The van der Waals surface area contributed by atoms with Crippen molar-refractivity contribution in [2.45, 2.75) is 62.5 Å². The molecule has 1 aliphatic rings. The average molecular weight is 344 g/mol. The van der Waals surface area contributed by atoms with Gasteiger partial charge in [0.15, 0.2) is 11.0 Å². The molecule has 5 nitrogen and oxygen atoms in total. The van der Waals surface area contributed by atoms with E-state index in [0.29, 0.717) is 6.04 Å². The Hall–Kier alpha value is -1.82. The number of hydrogen-bond donors (Lipinski definition) is 1. The lowest BCUT2D eigenvalue weighted by molar-refractivity contribution is -0.120. The van der Waals surface area contributed by atoms with Crippen molar-refractivity contribution in [1.82, 2.24) is 20.1 Å². The van der Waals surface area contributed by atoms with Crippen LogP contribution in [0.15, 0.2) is 35.5 Å². The lowest BCUT2D eigenvalue weighted by Gasteiger charge is -2.18. The van der Waals surface area contributed by atoms with Gasteiger partial charge in [-0.05, 0) is 33.1 Å². The predicted octanol–water partition coefficient (Wildman–Crippen LogP) is 3.68. The number of nitrogens with zero attached hydrogens (tertiary/aromatic N) is 3. The standard InChI is InChI=1S/C18H24N4OS/c1-4-12(2)22-16(14-8-6-5-7-9-14)20-21-18(22)24-13(3)17(23)19-15-10-11-15/h5-9,12-13,15H,4,10-11H2,1-3H3,(H,19,23)/t12-,13-/m0/s1. The molecule has 2 aromatic rings. The number of benzene rings is 1. The molecule has 0 aliphatic heterocycles. The monoisotopic (exact) mass is 344 g/mol. The number of thioether (sulfide) groups is 1. The molecule has 1 amide bonds. The van der Waals surface area contributed by atoms with Crippen LogP contribution in [0.2, 0.25) is 0 Å². The number of carbonyl (C=O) groups is 1. The lowest BCUT2D eigenvalue weighted by Crippen LogP contribution is -2.32. The summed E-state index contributed by atoms with van der Waals surface area (Å²) < 4.78 is 2.15. The van der Waals surface area contributed by atoms with E-state index in [2.05, 4.69) is 33.9 Å². The number of hydrogen-bond acceptors (Lipinski definition) is 4. The Morgan fingerprint density at radius 3 is 2.62 bits per heavy atom. The van der Waals surface area contributed by atoms with Gasteiger partial charge in [-0.2, -0.15) is 0 Å². The molecule has 2 atom stereocenters. The summed E-state index contributed by atoms with van der Waals surface area (Å²) in [6.07, 6.45) is 3.18. The van der Waals surface area contributed by atoms with Crippen molar-refractivity contribution in [1.29, 1.82) is 0 Å². The van der Waals surface area contributed by atoms with Crippen LogP contribution in [0, 0.1) is 0 Å². The van der Waals surface area contributed by atoms with E-state index in [4.69, 9.17) is 0 Å². The topological polar surface area (TPSA) is 59.8 Å². The molecule has 1 aromatic carbocycles. The fraction of sp³-hybridized carbons (Fsp3) is 0.500. The second kappa shape index (κ2) is 7.38. The summed E-state index contributed by atoms with van der Waals surface area (Å²) in [5.41, 5.74) is 1.05. The van der Waals surface area contributed by atoms with E-state index in [9.17, 15) is 4.79 Å². The van der Waals surface area contributed by atoms with Crippen LogP contribution >= 0.6 is 11.8 Å². The van der Waals surface area contributed by atoms with Gasteiger partial charge in [-0.1, -0.05) is 49.0 Å². The molecular weight excluding hydrogens is 320 g/mol. The largest absolute Gasteiger partial charge is 0.352 e. The van der Waals surface area contributed by atoms with Gasteiger partial charge in [-0.25, -0.2) is 0 Å². The quantitative estimate of drug-likeness (QED) is 0.779. The average Bonchev–Trinajstić information content (AvgIpc) is 3.32. The van der Waals surface area contributed by atoms with E-state index in [1.54, 1.807) is 0 Å². The van der Waals surface area contributed by atoms with Gasteiger partial charge in [0.25, 0.3) is 0 Å². The molecule has 0 bridgehead atoms. The van der Waals surface area contributed by atoms with E-state index >= 15 is 0 Å². The maximum atomic E-state index is 12.2. The first kappa shape index (κ1) is 17.0. The van der Waals surface area contributed by atoms with Gasteiger partial charge in [0.05, 0.1) is 5.25 Å². The van der Waals surface area contributed by atoms with E-state index in [-0.39, 0.29) is 17.2 Å². The minimum absolute atomic E-state index is 0.0856. The summed E-state index contributed by atoms with van der Waals surface area (Å²) in [6, 6.07) is 10.7. The zero-order valence-electron chi connectivity index (χ0n) is 14.4. The van der Waals surface area contributed by atoms with Crippen molar-refractivity contribution in [2.24, 2.45) is 0 Å². The summed E-state index contributed by atoms with van der Waals surface area (Å²) in [5.74, 6) is 0.949. The van der Waals surface area contributed by atoms with Gasteiger partial charge in [-0.15, -0.1) is 10.2 Å². The molecule has 1 saturated carbocycles. The van der Waals surface area contributed by atoms with E-state index in [1.807, 2.05) is 37.3 Å². The molecule has 0 radical (unpaired) electrons. The van der Waals surface area contributed by atoms with Crippen molar-refractivity contribution in [3.63, 3.8) is 0 Å². The second-order valence-electron chi connectivity index (χ2n) is 6.34. The Labute approximate surface area is 147 Å². The Morgan fingerprint density at radius 2 is 2.00 bits per heavy atom. The van der Waals surface area contributed by atoms with Crippen LogP contribution in [-0.2, 0) is 4.79 Å². The molecule has 6 heteroatoms. The van der Waals surface area contributed by atoms with Crippen molar-refractivity contribution in [3.8, 4) is 11.4 Å². The predicted molar refractivity (Wildman–Crippen MR) is 96.9 cm³/mol. The highest BCUT2D eigenvalue weighted by Gasteiger charge is 2.28. The minimum atomic E-state index is -0.179. The summed E-state index contributed by atoms with van der Waals surface area (Å²) in [7, 11) is 0. The van der Waals surface area contributed by atoms with Crippen LogP contribution in [0.4, 0.5) is 0 Å². The zero-order valence-corrected chi connectivity index (χ0v) is 15.2. The highest BCUT2D eigenvalue weighted by atomic mass is 32.2.